The zero-order valence-corrected chi connectivity index (χ0v) is 18.6. The number of nitrogens with zero attached hydrogens (tertiary/aromatic N) is 2. The first-order chi connectivity index (χ1) is 15.0. The van der Waals surface area contributed by atoms with Crippen molar-refractivity contribution in [1.82, 2.24) is 15.1 Å². The van der Waals surface area contributed by atoms with Crippen molar-refractivity contribution in [3.8, 4) is 0 Å². The van der Waals surface area contributed by atoms with Crippen molar-refractivity contribution in [3.05, 3.63) is 60.1 Å². The molecule has 1 aromatic heterocycles. The highest BCUT2D eigenvalue weighted by molar-refractivity contribution is 7.91. The van der Waals surface area contributed by atoms with Crippen LogP contribution in [0.25, 0.3) is 0 Å². The lowest BCUT2D eigenvalue weighted by Gasteiger charge is -2.36. The van der Waals surface area contributed by atoms with Crippen molar-refractivity contribution in [2.75, 3.05) is 44.2 Å². The van der Waals surface area contributed by atoms with Gasteiger partial charge in [0.05, 0.1) is 23.8 Å². The van der Waals surface area contributed by atoms with Gasteiger partial charge in [-0.1, -0.05) is 36.8 Å². The molecule has 4 rings (SSSR count). The Morgan fingerprint density at radius 3 is 2.29 bits per heavy atom. The van der Waals surface area contributed by atoms with Gasteiger partial charge < -0.3 is 9.73 Å². The van der Waals surface area contributed by atoms with Crippen LogP contribution in [-0.4, -0.2) is 68.4 Å². The molecule has 2 aliphatic rings. The molecule has 3 heterocycles. The summed E-state index contributed by atoms with van der Waals surface area (Å²) < 4.78 is 29.5. The number of furan rings is 1. The van der Waals surface area contributed by atoms with Gasteiger partial charge >= 0.3 is 0 Å². The van der Waals surface area contributed by atoms with Gasteiger partial charge in [0.25, 0.3) is 0 Å². The normalized spacial score (nSPS) is 21.9. The van der Waals surface area contributed by atoms with E-state index in [1.807, 2.05) is 47.4 Å². The molecule has 2 aliphatic heterocycles. The number of hydrogen-bond donors (Lipinski definition) is 1. The number of rotatable bonds is 7. The van der Waals surface area contributed by atoms with Crippen molar-refractivity contribution in [1.29, 1.82) is 0 Å². The maximum Gasteiger partial charge on any atom is 0.242 e. The third-order valence-electron chi connectivity index (χ3n) is 6.28. The quantitative estimate of drug-likeness (QED) is 0.705. The SMILES string of the molecule is O=C(NCC(c1ccco1)N1CCCCC1)C(c1ccccc1)N1CCS(=O)(=O)CC1. The Balaban J connectivity index is 1.50. The molecule has 8 heteroatoms. The van der Waals surface area contributed by atoms with Crippen LogP contribution in [0.5, 0.6) is 0 Å². The van der Waals surface area contributed by atoms with E-state index < -0.39 is 15.9 Å². The van der Waals surface area contributed by atoms with Crippen LogP contribution in [0.2, 0.25) is 0 Å². The topological polar surface area (TPSA) is 82.9 Å². The highest BCUT2D eigenvalue weighted by Crippen LogP contribution is 2.26. The third-order valence-corrected chi connectivity index (χ3v) is 7.89. The molecule has 2 saturated heterocycles. The molecule has 168 valence electrons. The molecule has 0 aliphatic carbocycles. The highest BCUT2D eigenvalue weighted by Gasteiger charge is 2.33. The lowest BCUT2D eigenvalue weighted by atomic mass is 10.0. The maximum atomic E-state index is 13.4. The smallest absolute Gasteiger partial charge is 0.242 e. The van der Waals surface area contributed by atoms with Gasteiger partial charge in [-0.3, -0.25) is 14.6 Å². The predicted octanol–water partition coefficient (Wildman–Crippen LogP) is 2.39. The fourth-order valence-corrected chi connectivity index (χ4v) is 5.79. The number of benzene rings is 1. The van der Waals surface area contributed by atoms with Crippen LogP contribution < -0.4 is 5.32 Å². The fourth-order valence-electron chi connectivity index (χ4n) is 4.56. The maximum absolute atomic E-state index is 13.4. The average molecular weight is 446 g/mol. The van der Waals surface area contributed by atoms with Crippen LogP contribution in [0, 0.1) is 0 Å². The first-order valence-electron chi connectivity index (χ1n) is 11.1. The highest BCUT2D eigenvalue weighted by atomic mass is 32.2. The standard InChI is InChI=1S/C23H31N3O4S/c27-23(24-18-20(21-10-7-15-30-21)25-11-5-2-6-12-25)22(19-8-3-1-4-9-19)26-13-16-31(28,29)17-14-26/h1,3-4,7-10,15,20,22H,2,5-6,11-14,16-18H2,(H,24,27). The van der Waals surface area contributed by atoms with Gasteiger partial charge in [-0.15, -0.1) is 0 Å². The van der Waals surface area contributed by atoms with Gasteiger partial charge in [0, 0.05) is 19.6 Å². The van der Waals surface area contributed by atoms with Crippen LogP contribution in [0.4, 0.5) is 0 Å². The summed E-state index contributed by atoms with van der Waals surface area (Å²) in [7, 11) is -3.02. The molecule has 2 aromatic rings. The molecule has 1 aromatic carbocycles. The minimum Gasteiger partial charge on any atom is -0.468 e. The molecule has 7 nitrogen and oxygen atoms in total. The third kappa shape index (κ3) is 5.56. The minimum atomic E-state index is -3.02. The molecule has 0 saturated carbocycles. The average Bonchev–Trinajstić information content (AvgIpc) is 3.31. The number of sulfone groups is 1. The summed E-state index contributed by atoms with van der Waals surface area (Å²) in [6.45, 7) is 3.18. The second-order valence-corrected chi connectivity index (χ2v) is 10.7. The van der Waals surface area contributed by atoms with E-state index in [9.17, 15) is 13.2 Å². The largest absolute Gasteiger partial charge is 0.468 e. The minimum absolute atomic E-state index is 0.00240. The number of carbonyl (C=O) groups excluding carboxylic acids is 1. The number of hydrogen-bond acceptors (Lipinski definition) is 6. The van der Waals surface area contributed by atoms with Gasteiger partial charge in [0.1, 0.15) is 11.8 Å². The van der Waals surface area contributed by atoms with Crippen molar-refractivity contribution in [2.45, 2.75) is 31.3 Å². The number of likely N-dealkylation sites (tertiary alicyclic amines) is 1. The molecule has 0 radical (unpaired) electrons. The summed E-state index contributed by atoms with van der Waals surface area (Å²) in [5.74, 6) is 0.945. The summed E-state index contributed by atoms with van der Waals surface area (Å²) in [5.41, 5.74) is 0.881. The van der Waals surface area contributed by atoms with Crippen molar-refractivity contribution >= 4 is 15.7 Å². The molecule has 31 heavy (non-hydrogen) atoms. The van der Waals surface area contributed by atoms with E-state index in [0.717, 1.165) is 37.3 Å². The lowest BCUT2D eigenvalue weighted by Crippen LogP contribution is -2.49. The van der Waals surface area contributed by atoms with Crippen LogP contribution in [0.3, 0.4) is 0 Å². The molecule has 2 fully saturated rings. The molecule has 1 N–H and O–H groups in total. The van der Waals surface area contributed by atoms with Crippen LogP contribution in [0.1, 0.15) is 42.7 Å². The van der Waals surface area contributed by atoms with E-state index in [4.69, 9.17) is 4.42 Å². The van der Waals surface area contributed by atoms with Crippen molar-refractivity contribution in [3.63, 3.8) is 0 Å². The Kier molecular flexibility index (Phi) is 7.09. The number of nitrogens with one attached hydrogen (secondary N) is 1. The van der Waals surface area contributed by atoms with Crippen LogP contribution in [0.15, 0.2) is 53.1 Å². The number of amides is 1. The van der Waals surface area contributed by atoms with E-state index in [1.165, 1.54) is 6.42 Å². The van der Waals surface area contributed by atoms with E-state index in [0.29, 0.717) is 19.6 Å². The Bertz CT molecular complexity index is 926. The molecule has 0 bridgehead atoms. The fraction of sp³-hybridized carbons (Fsp3) is 0.522. The summed E-state index contributed by atoms with van der Waals surface area (Å²) in [6, 6.07) is 13.0. The van der Waals surface area contributed by atoms with Gasteiger partial charge in [0.2, 0.25) is 5.91 Å². The van der Waals surface area contributed by atoms with Crippen LogP contribution in [-0.2, 0) is 14.6 Å². The van der Waals surface area contributed by atoms with Gasteiger partial charge in [-0.25, -0.2) is 8.42 Å². The van der Waals surface area contributed by atoms with Crippen molar-refractivity contribution in [2.24, 2.45) is 0 Å². The lowest BCUT2D eigenvalue weighted by molar-refractivity contribution is -0.127. The Labute approximate surface area is 184 Å². The van der Waals surface area contributed by atoms with Gasteiger partial charge in [0.15, 0.2) is 9.84 Å². The Hall–Kier alpha value is -2.16. The van der Waals surface area contributed by atoms with E-state index in [1.54, 1.807) is 6.26 Å². The van der Waals surface area contributed by atoms with Crippen molar-refractivity contribution < 1.29 is 17.6 Å². The number of piperidine rings is 1. The summed E-state index contributed by atoms with van der Waals surface area (Å²) in [5, 5.41) is 3.15. The van der Waals surface area contributed by atoms with E-state index >= 15 is 0 Å². The van der Waals surface area contributed by atoms with Gasteiger partial charge in [-0.2, -0.15) is 0 Å². The molecular weight excluding hydrogens is 414 g/mol. The molecular formula is C23H31N3O4S. The number of carbonyl (C=O) groups is 1. The Morgan fingerprint density at radius 1 is 0.935 bits per heavy atom. The zero-order chi connectivity index (χ0) is 21.7. The van der Waals surface area contributed by atoms with E-state index in [-0.39, 0.29) is 23.5 Å². The predicted molar refractivity (Wildman–Crippen MR) is 119 cm³/mol. The van der Waals surface area contributed by atoms with Gasteiger partial charge in [-0.05, 0) is 43.6 Å². The summed E-state index contributed by atoms with van der Waals surface area (Å²) in [6.07, 6.45) is 5.22. The van der Waals surface area contributed by atoms with Crippen LogP contribution >= 0.6 is 0 Å². The molecule has 0 spiro atoms. The first kappa shape index (κ1) is 22.0. The second-order valence-electron chi connectivity index (χ2n) is 8.37. The molecule has 2 unspecified atom stereocenters. The molecule has 2 atom stereocenters. The summed E-state index contributed by atoms with van der Waals surface area (Å²) >= 11 is 0. The molecule has 1 amide bonds. The Morgan fingerprint density at radius 2 is 1.65 bits per heavy atom. The first-order valence-corrected chi connectivity index (χ1v) is 12.9. The monoisotopic (exact) mass is 445 g/mol. The second kappa shape index (κ2) is 9.97. The summed E-state index contributed by atoms with van der Waals surface area (Å²) in [4.78, 5) is 17.8. The van der Waals surface area contributed by atoms with E-state index in [2.05, 4.69) is 10.2 Å². The zero-order valence-electron chi connectivity index (χ0n) is 17.8.